The molecular formula is C18H20N4O3S. The number of carbonyl (C=O) groups is 1. The molecule has 1 N–H and O–H groups in total. The zero-order valence-corrected chi connectivity index (χ0v) is 15.2. The summed E-state index contributed by atoms with van der Waals surface area (Å²) >= 11 is 0. The van der Waals surface area contributed by atoms with Crippen LogP contribution >= 0.6 is 0 Å². The predicted octanol–water partition coefficient (Wildman–Crippen LogP) is 2.16. The first-order valence-electron chi connectivity index (χ1n) is 8.36. The minimum Gasteiger partial charge on any atom is -0.348 e. The van der Waals surface area contributed by atoms with Gasteiger partial charge in [-0.1, -0.05) is 25.1 Å². The highest BCUT2D eigenvalue weighted by atomic mass is 32.2. The van der Waals surface area contributed by atoms with Crippen molar-refractivity contribution in [2.75, 3.05) is 5.75 Å². The number of amides is 1. The maximum atomic E-state index is 12.3. The number of sulfone groups is 1. The van der Waals surface area contributed by atoms with Crippen LogP contribution in [0.1, 0.15) is 31.5 Å². The lowest BCUT2D eigenvalue weighted by Crippen LogP contribution is -2.29. The van der Waals surface area contributed by atoms with Gasteiger partial charge in [-0.25, -0.2) is 18.4 Å². The molecule has 1 aromatic carbocycles. The number of carbonyl (C=O) groups excluding carboxylic acids is 1. The number of nitrogens with one attached hydrogen (secondary N) is 1. The summed E-state index contributed by atoms with van der Waals surface area (Å²) in [4.78, 5) is 21.1. The summed E-state index contributed by atoms with van der Waals surface area (Å²) in [5.74, 6) is 0.00894. The molecule has 2 aromatic heterocycles. The van der Waals surface area contributed by atoms with E-state index in [9.17, 15) is 13.2 Å². The lowest BCUT2D eigenvalue weighted by molar-refractivity contribution is -0.121. The second kappa shape index (κ2) is 7.65. The number of nitrogens with zero attached hydrogens (tertiary/aromatic N) is 3. The molecule has 0 aliphatic heterocycles. The maximum Gasteiger partial charge on any atom is 0.233 e. The van der Waals surface area contributed by atoms with Crippen LogP contribution in [0.4, 0.5) is 0 Å². The predicted molar refractivity (Wildman–Crippen MR) is 97.3 cm³/mol. The Bertz CT molecular complexity index is 966. The van der Waals surface area contributed by atoms with Crippen molar-refractivity contribution in [2.45, 2.75) is 30.7 Å². The van der Waals surface area contributed by atoms with Gasteiger partial charge in [0, 0.05) is 25.0 Å². The van der Waals surface area contributed by atoms with Gasteiger partial charge in [0.15, 0.2) is 9.84 Å². The van der Waals surface area contributed by atoms with Gasteiger partial charge in [-0.3, -0.25) is 9.20 Å². The van der Waals surface area contributed by atoms with E-state index in [1.54, 1.807) is 34.9 Å². The molecule has 0 saturated carbocycles. The van der Waals surface area contributed by atoms with Crippen molar-refractivity contribution in [1.29, 1.82) is 0 Å². The molecule has 1 atom stereocenters. The number of imidazole rings is 1. The summed E-state index contributed by atoms with van der Waals surface area (Å²) in [5, 5.41) is 2.86. The number of rotatable bonds is 7. The van der Waals surface area contributed by atoms with Crippen LogP contribution in [0.5, 0.6) is 0 Å². The lowest BCUT2D eigenvalue weighted by Gasteiger charge is -2.14. The fraction of sp³-hybridized carbons (Fsp3) is 0.278. The minimum atomic E-state index is -3.47. The number of aromatic nitrogens is 3. The standard InChI is InChI=1S/C18H20N4O3S/c1-2-15(16-13-22-11-6-10-19-18(22)21-16)20-17(23)9-12-26(24,25)14-7-4-3-5-8-14/h3-8,10-11,13,15H,2,9,12H2,1H3,(H,20,23)/t15-/m0/s1. The zero-order valence-electron chi connectivity index (χ0n) is 14.4. The van der Waals surface area contributed by atoms with Crippen molar-refractivity contribution in [3.05, 3.63) is 60.7 Å². The Labute approximate surface area is 152 Å². The van der Waals surface area contributed by atoms with Gasteiger partial charge in [-0.15, -0.1) is 0 Å². The molecule has 0 fully saturated rings. The molecule has 0 spiro atoms. The first kappa shape index (κ1) is 18.1. The van der Waals surface area contributed by atoms with E-state index in [2.05, 4.69) is 15.3 Å². The number of fused-ring (bicyclic) bond motifs is 1. The maximum absolute atomic E-state index is 12.3. The molecule has 3 rings (SSSR count). The Hall–Kier alpha value is -2.74. The molecule has 0 aliphatic rings. The van der Waals surface area contributed by atoms with Gasteiger partial charge >= 0.3 is 0 Å². The molecule has 0 unspecified atom stereocenters. The van der Waals surface area contributed by atoms with Crippen LogP contribution in [0.3, 0.4) is 0 Å². The molecule has 1 amide bonds. The largest absolute Gasteiger partial charge is 0.348 e. The van der Waals surface area contributed by atoms with Gasteiger partial charge in [0.2, 0.25) is 11.7 Å². The molecule has 7 nitrogen and oxygen atoms in total. The van der Waals surface area contributed by atoms with Crippen molar-refractivity contribution in [1.82, 2.24) is 19.7 Å². The summed E-state index contributed by atoms with van der Waals surface area (Å²) in [6, 6.07) is 9.66. The monoisotopic (exact) mass is 372 g/mol. The molecule has 26 heavy (non-hydrogen) atoms. The topological polar surface area (TPSA) is 93.4 Å². The fourth-order valence-electron chi connectivity index (χ4n) is 2.64. The third-order valence-electron chi connectivity index (χ3n) is 4.05. The molecule has 136 valence electrons. The first-order valence-corrected chi connectivity index (χ1v) is 10.0. The highest BCUT2D eigenvalue weighted by molar-refractivity contribution is 7.91. The van der Waals surface area contributed by atoms with Gasteiger partial charge < -0.3 is 5.32 Å². The van der Waals surface area contributed by atoms with E-state index < -0.39 is 9.84 Å². The molecule has 8 heteroatoms. The Morgan fingerprint density at radius 1 is 1.23 bits per heavy atom. The second-order valence-electron chi connectivity index (χ2n) is 5.90. The smallest absolute Gasteiger partial charge is 0.233 e. The Morgan fingerprint density at radius 3 is 2.69 bits per heavy atom. The minimum absolute atomic E-state index is 0.0979. The van der Waals surface area contributed by atoms with Crippen LogP contribution < -0.4 is 5.32 Å². The van der Waals surface area contributed by atoms with Crippen LogP contribution in [0, 0.1) is 0 Å². The van der Waals surface area contributed by atoms with Crippen molar-refractivity contribution in [3.8, 4) is 0 Å². The SMILES string of the molecule is CC[C@H](NC(=O)CCS(=O)(=O)c1ccccc1)c1cn2cccnc2n1. The number of hydrogen-bond acceptors (Lipinski definition) is 5. The van der Waals surface area contributed by atoms with E-state index in [0.29, 0.717) is 17.9 Å². The molecule has 0 radical (unpaired) electrons. The van der Waals surface area contributed by atoms with E-state index in [4.69, 9.17) is 0 Å². The van der Waals surface area contributed by atoms with E-state index in [1.165, 1.54) is 12.1 Å². The van der Waals surface area contributed by atoms with Gasteiger partial charge in [0.25, 0.3) is 0 Å². The zero-order chi connectivity index (χ0) is 18.6. The Morgan fingerprint density at radius 2 is 2.00 bits per heavy atom. The van der Waals surface area contributed by atoms with Gasteiger partial charge in [0.1, 0.15) is 0 Å². The van der Waals surface area contributed by atoms with E-state index in [1.807, 2.05) is 19.3 Å². The highest BCUT2D eigenvalue weighted by Gasteiger charge is 2.19. The van der Waals surface area contributed by atoms with Crippen LogP contribution in [-0.2, 0) is 14.6 Å². The van der Waals surface area contributed by atoms with E-state index in [-0.39, 0.29) is 29.0 Å². The third-order valence-corrected chi connectivity index (χ3v) is 5.79. The van der Waals surface area contributed by atoms with Crippen LogP contribution in [0.2, 0.25) is 0 Å². The molecule has 0 bridgehead atoms. The average molecular weight is 372 g/mol. The van der Waals surface area contributed by atoms with Gasteiger partial charge in [-0.2, -0.15) is 0 Å². The summed E-state index contributed by atoms with van der Waals surface area (Å²) in [6.45, 7) is 1.93. The van der Waals surface area contributed by atoms with Gasteiger partial charge in [-0.05, 0) is 24.6 Å². The van der Waals surface area contributed by atoms with Crippen molar-refractivity contribution >= 4 is 21.5 Å². The Kier molecular flexibility index (Phi) is 5.32. The normalized spacial score (nSPS) is 12.8. The van der Waals surface area contributed by atoms with Crippen LogP contribution in [-0.4, -0.2) is 34.4 Å². The number of hydrogen-bond donors (Lipinski definition) is 1. The molecule has 0 aliphatic carbocycles. The Balaban J connectivity index is 1.64. The molecule has 0 saturated heterocycles. The van der Waals surface area contributed by atoms with Crippen LogP contribution in [0.15, 0.2) is 59.9 Å². The third kappa shape index (κ3) is 4.08. The second-order valence-corrected chi connectivity index (χ2v) is 8.01. The first-order chi connectivity index (χ1) is 12.5. The molecule has 2 heterocycles. The van der Waals surface area contributed by atoms with Crippen molar-refractivity contribution in [2.24, 2.45) is 0 Å². The van der Waals surface area contributed by atoms with E-state index in [0.717, 1.165) is 0 Å². The van der Waals surface area contributed by atoms with Crippen molar-refractivity contribution < 1.29 is 13.2 Å². The van der Waals surface area contributed by atoms with Crippen LogP contribution in [0.25, 0.3) is 5.78 Å². The van der Waals surface area contributed by atoms with E-state index >= 15 is 0 Å². The molecular weight excluding hydrogens is 352 g/mol. The average Bonchev–Trinajstić information content (AvgIpc) is 3.09. The lowest BCUT2D eigenvalue weighted by atomic mass is 10.1. The summed E-state index contributed by atoms with van der Waals surface area (Å²) in [5.41, 5.74) is 0.700. The fourth-order valence-corrected chi connectivity index (χ4v) is 3.90. The quantitative estimate of drug-likeness (QED) is 0.686. The van der Waals surface area contributed by atoms with Gasteiger partial charge in [0.05, 0.1) is 22.4 Å². The van der Waals surface area contributed by atoms with Crippen molar-refractivity contribution in [3.63, 3.8) is 0 Å². The summed E-state index contributed by atoms with van der Waals surface area (Å²) in [7, 11) is -3.47. The molecule has 3 aromatic rings. The summed E-state index contributed by atoms with van der Waals surface area (Å²) < 4.78 is 26.3. The number of benzene rings is 1. The summed E-state index contributed by atoms with van der Waals surface area (Å²) in [6.07, 6.45) is 5.85. The highest BCUT2D eigenvalue weighted by Crippen LogP contribution is 2.17.